The van der Waals surface area contributed by atoms with Gasteiger partial charge in [-0.15, -0.1) is 0 Å². The number of nitrogens with one attached hydrogen (secondary N) is 1. The number of benzene rings is 1. The van der Waals surface area contributed by atoms with Gasteiger partial charge in [0.2, 0.25) is 0 Å². The van der Waals surface area contributed by atoms with Gasteiger partial charge in [0.1, 0.15) is 51.3 Å². The van der Waals surface area contributed by atoms with Crippen molar-refractivity contribution in [2.45, 2.75) is 36.4 Å². The lowest BCUT2D eigenvalue weighted by atomic mass is 9.52. The van der Waals surface area contributed by atoms with E-state index in [-0.39, 0.29) is 51.4 Å². The molecule has 5 N–H and O–H groups in total. The monoisotopic (exact) mass is 514 g/mol. The number of nitrogens with two attached hydrogens (primary N) is 2. The predicted octanol–water partition coefficient (Wildman–Crippen LogP) is -0.269. The van der Waals surface area contributed by atoms with Crippen LogP contribution in [0.15, 0.2) is 24.4 Å². The first-order valence-electron chi connectivity index (χ1n) is 11.5. The molecule has 0 unspecified atom stereocenters. The van der Waals surface area contributed by atoms with Crippen LogP contribution in [-0.2, 0) is 16.5 Å². The third-order valence-corrected chi connectivity index (χ3v) is 6.69. The molecule has 3 heterocycles. The van der Waals surface area contributed by atoms with Gasteiger partial charge in [0.25, 0.3) is 5.91 Å². The molecule has 0 radical (unpaired) electrons. The smallest absolute Gasteiger partial charge is 0.277 e. The summed E-state index contributed by atoms with van der Waals surface area (Å²) in [6, 6.07) is 3.29. The van der Waals surface area contributed by atoms with E-state index in [4.69, 9.17) is 20.9 Å². The lowest BCUT2D eigenvalue weighted by molar-refractivity contribution is -0.0435. The molecule has 1 fully saturated rings. The first-order valence-corrected chi connectivity index (χ1v) is 12.3. The van der Waals surface area contributed by atoms with Crippen LogP contribution < -0.4 is 16.8 Å². The van der Waals surface area contributed by atoms with Crippen molar-refractivity contribution >= 4 is 51.5 Å². The highest BCUT2D eigenvalue weighted by molar-refractivity contribution is 7.19. The van der Waals surface area contributed by atoms with Crippen molar-refractivity contribution in [2.75, 3.05) is 17.7 Å². The molecule has 0 saturated carbocycles. The molecule has 1 aliphatic rings. The lowest BCUT2D eigenvalue weighted by Crippen LogP contribution is -2.47. The Morgan fingerprint density at radius 2 is 2.00 bits per heavy atom. The minimum Gasteiger partial charge on any atom is -0.393 e. The van der Waals surface area contributed by atoms with E-state index in [2.05, 4.69) is 15.4 Å². The summed E-state index contributed by atoms with van der Waals surface area (Å²) in [6.07, 6.45) is 2.10. The molecule has 36 heavy (non-hydrogen) atoms. The molecule has 4 rings (SSSR count). The summed E-state index contributed by atoms with van der Waals surface area (Å²) in [7, 11) is 7.64. The van der Waals surface area contributed by atoms with E-state index in [0.717, 1.165) is 23.5 Å². The number of hydrogen-bond donors (Lipinski definition) is 3. The van der Waals surface area contributed by atoms with Crippen LogP contribution in [0.1, 0.15) is 35.1 Å². The largest absolute Gasteiger partial charge is 0.393 e. The molecule has 15 heteroatoms. The van der Waals surface area contributed by atoms with E-state index >= 15 is 0 Å². The average molecular weight is 514 g/mol. The Morgan fingerprint density at radius 3 is 2.67 bits per heavy atom. The maximum Gasteiger partial charge on any atom is 0.277 e. The normalized spacial score (nSPS) is 20.7. The van der Waals surface area contributed by atoms with Gasteiger partial charge in [-0.05, 0) is 30.3 Å². The molecule has 3 atom stereocenters. The zero-order chi connectivity index (χ0) is 26.2. The SMILES string of the molecule is BC(B)(B)O[C@@H]1CO[C@H](c2c(NC(=O)c3nc(-c4c(F)cccc4F)sc3N)cnn2C)CC[C@H]1N. The first-order chi connectivity index (χ1) is 16.9. The van der Waals surface area contributed by atoms with Gasteiger partial charge in [-0.25, -0.2) is 13.8 Å². The zero-order valence-electron chi connectivity index (χ0n) is 20.5. The summed E-state index contributed by atoms with van der Waals surface area (Å²) < 4.78 is 42.3. The Kier molecular flexibility index (Phi) is 7.55. The van der Waals surface area contributed by atoms with Crippen LogP contribution >= 0.6 is 11.3 Å². The number of aromatic nitrogens is 3. The summed E-state index contributed by atoms with van der Waals surface area (Å²) in [4.78, 5) is 17.2. The van der Waals surface area contributed by atoms with Crippen LogP contribution in [-0.4, -0.2) is 68.3 Å². The Bertz CT molecular complexity index is 1250. The second-order valence-electron chi connectivity index (χ2n) is 9.68. The van der Waals surface area contributed by atoms with Gasteiger partial charge in [0, 0.05) is 13.1 Å². The Morgan fingerprint density at radius 1 is 1.31 bits per heavy atom. The Hall–Kier alpha value is -2.74. The van der Waals surface area contributed by atoms with Crippen molar-refractivity contribution < 1.29 is 23.0 Å². The van der Waals surface area contributed by atoms with Crippen molar-refractivity contribution in [1.29, 1.82) is 0 Å². The van der Waals surface area contributed by atoms with Crippen molar-refractivity contribution in [2.24, 2.45) is 12.8 Å². The number of carbonyl (C=O) groups excluding carboxylic acids is 1. The van der Waals surface area contributed by atoms with Crippen molar-refractivity contribution in [3.8, 4) is 10.6 Å². The number of amides is 1. The topological polar surface area (TPSA) is 130 Å². The number of rotatable bonds is 6. The summed E-state index contributed by atoms with van der Waals surface area (Å²) in [5, 5.41) is 6.70. The standard InChI is InChI=1S/C21H27B3F2N6O3S/c1-32-17(13-6-5-11(27)14(8-34-13)35-21(22,23)24)12(7-29-32)30-19(33)16-18(28)36-20(31-16)15-9(25)3-2-4-10(15)26/h2-4,7,11,13-14H,5-6,8,22-24,27-28H2,1H3,(H,30,33)/t11-,13+,14-/m1/s1. The maximum atomic E-state index is 14.2. The predicted molar refractivity (Wildman–Crippen MR) is 142 cm³/mol. The van der Waals surface area contributed by atoms with E-state index in [0.29, 0.717) is 24.2 Å². The molecule has 9 nitrogen and oxygen atoms in total. The molecule has 2 aromatic heterocycles. The number of anilines is 2. The molecule has 3 aromatic rings. The minimum absolute atomic E-state index is 0.0226. The quantitative estimate of drug-likeness (QED) is 0.387. The molecular formula is C21H27B3F2N6O3S. The van der Waals surface area contributed by atoms with Gasteiger partial charge in [0.15, 0.2) is 5.69 Å². The van der Waals surface area contributed by atoms with E-state index in [1.165, 1.54) is 12.3 Å². The number of nitrogen functional groups attached to an aromatic ring is 1. The highest BCUT2D eigenvalue weighted by atomic mass is 32.1. The van der Waals surface area contributed by atoms with E-state index in [9.17, 15) is 13.6 Å². The number of hydrogen-bond acceptors (Lipinski definition) is 8. The second-order valence-corrected chi connectivity index (χ2v) is 10.7. The average Bonchev–Trinajstić information content (AvgIpc) is 3.28. The number of aryl methyl sites for hydroxylation is 1. The molecule has 0 bridgehead atoms. The van der Waals surface area contributed by atoms with Crippen LogP contribution in [0.2, 0.25) is 0 Å². The zero-order valence-corrected chi connectivity index (χ0v) is 21.4. The van der Waals surface area contributed by atoms with Crippen molar-refractivity contribution in [3.05, 3.63) is 47.4 Å². The third kappa shape index (κ3) is 5.64. The summed E-state index contributed by atoms with van der Waals surface area (Å²) in [5.74, 6) is -2.20. The van der Waals surface area contributed by atoms with E-state index in [1.54, 1.807) is 11.7 Å². The molecule has 0 aliphatic carbocycles. The number of nitrogens with zero attached hydrogens (tertiary/aromatic N) is 3. The maximum absolute atomic E-state index is 14.2. The molecule has 1 aromatic carbocycles. The van der Waals surface area contributed by atoms with Crippen LogP contribution in [0.5, 0.6) is 0 Å². The van der Waals surface area contributed by atoms with Gasteiger partial charge in [-0.3, -0.25) is 9.48 Å². The Balaban J connectivity index is 1.54. The number of ether oxygens (including phenoxy) is 2. The van der Waals surface area contributed by atoms with Gasteiger partial charge in [0.05, 0.1) is 35.9 Å². The van der Waals surface area contributed by atoms with Crippen molar-refractivity contribution in [3.63, 3.8) is 0 Å². The van der Waals surface area contributed by atoms with Crippen LogP contribution in [0.4, 0.5) is 19.5 Å². The number of halogens is 2. The molecule has 1 saturated heterocycles. The first kappa shape index (κ1) is 26.3. The highest BCUT2D eigenvalue weighted by Gasteiger charge is 2.32. The van der Waals surface area contributed by atoms with Gasteiger partial charge < -0.3 is 26.3 Å². The van der Waals surface area contributed by atoms with Crippen molar-refractivity contribution in [1.82, 2.24) is 14.8 Å². The van der Waals surface area contributed by atoms with Crippen LogP contribution in [0, 0.1) is 11.6 Å². The van der Waals surface area contributed by atoms with Gasteiger partial charge >= 0.3 is 0 Å². The van der Waals surface area contributed by atoms with Crippen LogP contribution in [0.3, 0.4) is 0 Å². The number of thiazole rings is 1. The fourth-order valence-corrected chi connectivity index (χ4v) is 5.03. The highest BCUT2D eigenvalue weighted by Crippen LogP contribution is 2.35. The molecule has 1 aliphatic heterocycles. The summed E-state index contributed by atoms with van der Waals surface area (Å²) in [5.41, 5.74) is 13.0. The summed E-state index contributed by atoms with van der Waals surface area (Å²) in [6.45, 7) is 0.290. The fraction of sp³-hybridized carbons (Fsp3) is 0.381. The molecular weight excluding hydrogens is 487 g/mol. The Labute approximate surface area is 214 Å². The molecule has 188 valence electrons. The van der Waals surface area contributed by atoms with Crippen LogP contribution in [0.25, 0.3) is 10.6 Å². The van der Waals surface area contributed by atoms with Gasteiger partial charge in [-0.1, -0.05) is 17.4 Å². The number of carbonyl (C=O) groups is 1. The lowest BCUT2D eigenvalue weighted by Gasteiger charge is -2.30. The third-order valence-electron chi connectivity index (χ3n) is 5.79. The molecule has 0 spiro atoms. The molecule has 1 amide bonds. The summed E-state index contributed by atoms with van der Waals surface area (Å²) >= 11 is 0.832. The van der Waals surface area contributed by atoms with Gasteiger partial charge in [-0.2, -0.15) is 5.10 Å². The van der Waals surface area contributed by atoms with E-state index in [1.807, 2.05) is 23.5 Å². The fourth-order valence-electron chi connectivity index (χ4n) is 4.15. The minimum atomic E-state index is -0.789. The second kappa shape index (κ2) is 10.3. The van der Waals surface area contributed by atoms with E-state index < -0.39 is 17.5 Å².